The van der Waals surface area contributed by atoms with E-state index in [9.17, 15) is 4.79 Å². The Morgan fingerprint density at radius 3 is 2.73 bits per heavy atom. The highest BCUT2D eigenvalue weighted by Crippen LogP contribution is 2.21. The van der Waals surface area contributed by atoms with Crippen molar-refractivity contribution in [2.75, 3.05) is 11.5 Å². The predicted molar refractivity (Wildman–Crippen MR) is 89.5 cm³/mol. The SMILES string of the molecule is CCSc1nc(N)c2[nH]c(=O)n(Cc3ccc(Cl)cc3)c2n1. The van der Waals surface area contributed by atoms with Gasteiger partial charge in [-0.15, -0.1) is 0 Å². The lowest BCUT2D eigenvalue weighted by atomic mass is 10.2. The third-order valence-electron chi connectivity index (χ3n) is 3.16. The Bertz CT molecular complexity index is 871. The van der Waals surface area contributed by atoms with Crippen molar-refractivity contribution >= 4 is 40.3 Å². The van der Waals surface area contributed by atoms with Crippen LogP contribution in [0, 0.1) is 0 Å². The molecule has 0 saturated heterocycles. The van der Waals surface area contributed by atoms with Gasteiger partial charge >= 0.3 is 5.69 Å². The minimum absolute atomic E-state index is 0.260. The number of thioether (sulfide) groups is 1. The van der Waals surface area contributed by atoms with Crippen molar-refractivity contribution in [1.29, 1.82) is 0 Å². The van der Waals surface area contributed by atoms with Crippen molar-refractivity contribution in [3.63, 3.8) is 0 Å². The summed E-state index contributed by atoms with van der Waals surface area (Å²) in [6.45, 7) is 2.40. The van der Waals surface area contributed by atoms with Crippen LogP contribution >= 0.6 is 23.4 Å². The maximum Gasteiger partial charge on any atom is 0.328 e. The largest absolute Gasteiger partial charge is 0.382 e. The third kappa shape index (κ3) is 2.82. The first-order valence-electron chi connectivity index (χ1n) is 6.71. The molecule has 3 N–H and O–H groups in total. The fraction of sp³-hybridized carbons (Fsp3) is 0.214. The first kappa shape index (κ1) is 14.9. The molecule has 0 aliphatic carbocycles. The maximum atomic E-state index is 12.2. The molecule has 114 valence electrons. The number of benzene rings is 1. The van der Waals surface area contributed by atoms with Crippen LogP contribution in [-0.4, -0.2) is 25.3 Å². The number of H-pyrrole nitrogens is 1. The third-order valence-corrected chi connectivity index (χ3v) is 4.14. The van der Waals surface area contributed by atoms with E-state index in [0.717, 1.165) is 11.3 Å². The summed E-state index contributed by atoms with van der Waals surface area (Å²) in [4.78, 5) is 23.5. The summed E-state index contributed by atoms with van der Waals surface area (Å²) in [6, 6.07) is 7.33. The molecular weight excluding hydrogens is 322 g/mol. The summed E-state index contributed by atoms with van der Waals surface area (Å²) in [5.74, 6) is 1.12. The van der Waals surface area contributed by atoms with E-state index in [0.29, 0.717) is 27.9 Å². The Balaban J connectivity index is 2.09. The molecule has 0 atom stereocenters. The highest BCUT2D eigenvalue weighted by atomic mass is 35.5. The van der Waals surface area contributed by atoms with Crippen LogP contribution < -0.4 is 11.4 Å². The van der Waals surface area contributed by atoms with Crippen LogP contribution in [0.25, 0.3) is 11.2 Å². The quantitative estimate of drug-likeness (QED) is 0.565. The van der Waals surface area contributed by atoms with Gasteiger partial charge in [0.05, 0.1) is 6.54 Å². The number of aromatic nitrogens is 4. The summed E-state index contributed by atoms with van der Waals surface area (Å²) in [6.07, 6.45) is 0. The summed E-state index contributed by atoms with van der Waals surface area (Å²) < 4.78 is 1.55. The number of nitrogens with one attached hydrogen (secondary N) is 1. The molecule has 6 nitrogen and oxygen atoms in total. The number of hydrogen-bond donors (Lipinski definition) is 2. The first-order valence-corrected chi connectivity index (χ1v) is 8.08. The summed E-state index contributed by atoms with van der Waals surface area (Å²) in [7, 11) is 0. The van der Waals surface area contributed by atoms with Gasteiger partial charge in [0.1, 0.15) is 5.52 Å². The normalized spacial score (nSPS) is 11.2. The highest BCUT2D eigenvalue weighted by Gasteiger charge is 2.14. The van der Waals surface area contributed by atoms with Crippen molar-refractivity contribution in [3.8, 4) is 0 Å². The van der Waals surface area contributed by atoms with Crippen LogP contribution in [0.15, 0.2) is 34.2 Å². The molecule has 0 fully saturated rings. The van der Waals surface area contributed by atoms with Gasteiger partial charge in [-0.1, -0.05) is 42.4 Å². The molecule has 3 aromatic rings. The van der Waals surface area contributed by atoms with Crippen LogP contribution in [0.2, 0.25) is 5.02 Å². The van der Waals surface area contributed by atoms with E-state index in [4.69, 9.17) is 17.3 Å². The second-order valence-corrected chi connectivity index (χ2v) is 6.33. The number of imidazole rings is 1. The van der Waals surface area contributed by atoms with Gasteiger partial charge in [-0.25, -0.2) is 14.8 Å². The van der Waals surface area contributed by atoms with E-state index in [1.165, 1.54) is 11.8 Å². The molecule has 3 rings (SSSR count). The van der Waals surface area contributed by atoms with E-state index in [2.05, 4.69) is 15.0 Å². The van der Waals surface area contributed by atoms with Crippen LogP contribution in [-0.2, 0) is 6.54 Å². The minimum atomic E-state index is -0.260. The lowest BCUT2D eigenvalue weighted by molar-refractivity contribution is 0.771. The molecule has 1 aromatic carbocycles. The van der Waals surface area contributed by atoms with Gasteiger partial charge in [-0.05, 0) is 23.4 Å². The molecule has 0 spiro atoms. The predicted octanol–water partition coefficient (Wildman–Crippen LogP) is 2.52. The molecule has 0 unspecified atom stereocenters. The summed E-state index contributed by atoms with van der Waals surface area (Å²) in [5.41, 5.74) is 7.60. The number of rotatable bonds is 4. The zero-order chi connectivity index (χ0) is 15.7. The molecule has 0 aliphatic rings. The van der Waals surface area contributed by atoms with Crippen molar-refractivity contribution in [3.05, 3.63) is 45.3 Å². The Labute approximate surface area is 135 Å². The molecule has 0 saturated carbocycles. The average molecular weight is 336 g/mol. The molecule has 22 heavy (non-hydrogen) atoms. The van der Waals surface area contributed by atoms with Gasteiger partial charge in [0.2, 0.25) is 0 Å². The lowest BCUT2D eigenvalue weighted by Gasteiger charge is -2.05. The number of halogens is 1. The fourth-order valence-corrected chi connectivity index (χ4v) is 2.84. The Morgan fingerprint density at radius 1 is 1.32 bits per heavy atom. The van der Waals surface area contributed by atoms with Crippen LogP contribution in [0.3, 0.4) is 0 Å². The number of nitrogen functional groups attached to an aromatic ring is 1. The molecule has 8 heteroatoms. The summed E-state index contributed by atoms with van der Waals surface area (Å²) >= 11 is 7.36. The molecule has 0 amide bonds. The fourth-order valence-electron chi connectivity index (χ4n) is 2.14. The van der Waals surface area contributed by atoms with Gasteiger partial charge in [-0.2, -0.15) is 0 Å². The Kier molecular flexibility index (Phi) is 4.08. The first-order chi connectivity index (χ1) is 10.6. The van der Waals surface area contributed by atoms with Crippen molar-refractivity contribution in [1.82, 2.24) is 19.5 Å². The molecule has 0 radical (unpaired) electrons. The zero-order valence-electron chi connectivity index (χ0n) is 11.8. The number of nitrogens with two attached hydrogens (primary N) is 1. The second-order valence-electron chi connectivity index (χ2n) is 4.67. The van der Waals surface area contributed by atoms with Crippen LogP contribution in [0.4, 0.5) is 5.82 Å². The Morgan fingerprint density at radius 2 is 2.05 bits per heavy atom. The van der Waals surface area contributed by atoms with Gasteiger partial charge in [0.25, 0.3) is 0 Å². The molecule has 0 aliphatic heterocycles. The van der Waals surface area contributed by atoms with E-state index >= 15 is 0 Å². The molecular formula is C14H14ClN5OS. The number of aromatic amines is 1. The minimum Gasteiger partial charge on any atom is -0.382 e. The standard InChI is InChI=1S/C14H14ClN5OS/c1-2-22-13-18-11(16)10-12(19-13)20(14(21)17-10)7-8-3-5-9(15)6-4-8/h3-6H,2,7H2,1H3,(H,17,21)(H2,16,18,19). The molecule has 0 bridgehead atoms. The van der Waals surface area contributed by atoms with Crippen LogP contribution in [0.5, 0.6) is 0 Å². The number of anilines is 1. The second kappa shape index (κ2) is 6.02. The van der Waals surface area contributed by atoms with Crippen molar-refractivity contribution < 1.29 is 0 Å². The number of fused-ring (bicyclic) bond motifs is 1. The Hall–Kier alpha value is -1.99. The van der Waals surface area contributed by atoms with E-state index in [1.54, 1.807) is 16.7 Å². The summed E-state index contributed by atoms with van der Waals surface area (Å²) in [5, 5.41) is 1.22. The van der Waals surface area contributed by atoms with E-state index in [1.807, 2.05) is 19.1 Å². The maximum absolute atomic E-state index is 12.2. The monoisotopic (exact) mass is 335 g/mol. The highest BCUT2D eigenvalue weighted by molar-refractivity contribution is 7.99. The van der Waals surface area contributed by atoms with Crippen molar-refractivity contribution in [2.45, 2.75) is 18.6 Å². The van der Waals surface area contributed by atoms with Gasteiger partial charge in [-0.3, -0.25) is 4.57 Å². The van der Waals surface area contributed by atoms with Gasteiger partial charge < -0.3 is 10.7 Å². The van der Waals surface area contributed by atoms with E-state index in [-0.39, 0.29) is 11.5 Å². The molecule has 2 aromatic heterocycles. The van der Waals surface area contributed by atoms with Crippen LogP contribution in [0.1, 0.15) is 12.5 Å². The lowest BCUT2D eigenvalue weighted by Crippen LogP contribution is -2.17. The topological polar surface area (TPSA) is 89.6 Å². The molecule has 2 heterocycles. The average Bonchev–Trinajstić information content (AvgIpc) is 2.79. The number of hydrogen-bond acceptors (Lipinski definition) is 5. The van der Waals surface area contributed by atoms with Gasteiger partial charge in [0.15, 0.2) is 16.6 Å². The van der Waals surface area contributed by atoms with Gasteiger partial charge in [0, 0.05) is 5.02 Å². The number of nitrogens with zero attached hydrogens (tertiary/aromatic N) is 3. The van der Waals surface area contributed by atoms with Crippen molar-refractivity contribution in [2.24, 2.45) is 0 Å². The smallest absolute Gasteiger partial charge is 0.328 e. The zero-order valence-corrected chi connectivity index (χ0v) is 13.4. The van der Waals surface area contributed by atoms with E-state index < -0.39 is 0 Å².